The zero-order valence-corrected chi connectivity index (χ0v) is 4.37. The summed E-state index contributed by atoms with van der Waals surface area (Å²) < 4.78 is 0. The molecule has 0 fully saturated rings. The predicted molar refractivity (Wildman–Crippen MR) is 28.1 cm³/mol. The van der Waals surface area contributed by atoms with Crippen molar-refractivity contribution >= 4 is 0 Å². The summed E-state index contributed by atoms with van der Waals surface area (Å²) in [6.45, 7) is 0. The molecule has 3 N–H and O–H groups in total. The van der Waals surface area contributed by atoms with Crippen molar-refractivity contribution in [1.82, 2.24) is 4.98 Å². The molecule has 0 saturated heterocycles. The smallest absolute Gasteiger partial charge is 0.204 e. The molecule has 1 heterocycles. The average molecular weight is 126 g/mol. The summed E-state index contributed by atoms with van der Waals surface area (Å²) in [6, 6.07) is 0. The SMILES string of the molecule is Oc1[c]ncc(O)c1O. The van der Waals surface area contributed by atoms with Crippen LogP contribution < -0.4 is 0 Å². The van der Waals surface area contributed by atoms with E-state index >= 15 is 0 Å². The molecular weight excluding hydrogens is 122 g/mol. The van der Waals surface area contributed by atoms with Gasteiger partial charge in [-0.05, 0) is 0 Å². The van der Waals surface area contributed by atoms with Crippen molar-refractivity contribution in [3.8, 4) is 17.2 Å². The van der Waals surface area contributed by atoms with E-state index < -0.39 is 17.2 Å². The fourth-order valence-electron chi connectivity index (χ4n) is 0.390. The zero-order valence-electron chi connectivity index (χ0n) is 4.37. The number of rotatable bonds is 0. The lowest BCUT2D eigenvalue weighted by Crippen LogP contribution is -1.73. The number of hydrogen-bond acceptors (Lipinski definition) is 4. The number of hydrogen-bond donors (Lipinski definition) is 3. The summed E-state index contributed by atoms with van der Waals surface area (Å²) in [5.74, 6) is -1.59. The van der Waals surface area contributed by atoms with E-state index in [0.717, 1.165) is 6.20 Å². The van der Waals surface area contributed by atoms with Crippen molar-refractivity contribution in [2.75, 3.05) is 0 Å². The van der Waals surface area contributed by atoms with Crippen LogP contribution in [0.15, 0.2) is 6.20 Å². The van der Waals surface area contributed by atoms with Gasteiger partial charge in [-0.15, -0.1) is 0 Å². The van der Waals surface area contributed by atoms with Gasteiger partial charge >= 0.3 is 0 Å². The molecule has 4 heteroatoms. The summed E-state index contributed by atoms with van der Waals surface area (Å²) in [4.78, 5) is 3.26. The maximum Gasteiger partial charge on any atom is 0.204 e. The monoisotopic (exact) mass is 126 g/mol. The van der Waals surface area contributed by atoms with Gasteiger partial charge < -0.3 is 15.3 Å². The molecule has 1 aromatic heterocycles. The topological polar surface area (TPSA) is 73.6 Å². The van der Waals surface area contributed by atoms with Crippen LogP contribution in [0.2, 0.25) is 0 Å². The van der Waals surface area contributed by atoms with E-state index in [4.69, 9.17) is 15.3 Å². The Bertz CT molecular complexity index is 203. The number of aromatic nitrogens is 1. The predicted octanol–water partition coefficient (Wildman–Crippen LogP) is -0.00141. The van der Waals surface area contributed by atoms with E-state index in [1.165, 1.54) is 0 Å². The van der Waals surface area contributed by atoms with Gasteiger partial charge in [0.05, 0.1) is 6.20 Å². The molecule has 0 aliphatic carbocycles. The fraction of sp³-hybridized carbons (Fsp3) is 0. The summed E-state index contributed by atoms with van der Waals surface area (Å²) >= 11 is 0. The molecule has 1 rings (SSSR count). The number of pyridine rings is 1. The van der Waals surface area contributed by atoms with Crippen LogP contribution in [-0.4, -0.2) is 20.3 Å². The highest BCUT2D eigenvalue weighted by molar-refractivity contribution is 5.44. The van der Waals surface area contributed by atoms with E-state index in [1.807, 2.05) is 6.20 Å². The van der Waals surface area contributed by atoms with Crippen molar-refractivity contribution < 1.29 is 15.3 Å². The first-order valence-electron chi connectivity index (χ1n) is 2.19. The van der Waals surface area contributed by atoms with Gasteiger partial charge in [0.2, 0.25) is 5.75 Å². The quantitative estimate of drug-likeness (QED) is 0.457. The Balaban J connectivity index is 3.25. The summed E-state index contributed by atoms with van der Waals surface area (Å²) in [6.07, 6.45) is 3.02. The molecule has 0 saturated carbocycles. The minimum atomic E-state index is -0.593. The molecule has 4 nitrogen and oxygen atoms in total. The molecule has 0 amide bonds. The van der Waals surface area contributed by atoms with Crippen LogP contribution in [-0.2, 0) is 0 Å². The van der Waals surface area contributed by atoms with E-state index in [1.54, 1.807) is 0 Å². The fourth-order valence-corrected chi connectivity index (χ4v) is 0.390. The molecule has 0 spiro atoms. The first kappa shape index (κ1) is 5.68. The second kappa shape index (κ2) is 1.81. The van der Waals surface area contributed by atoms with Gasteiger partial charge in [-0.1, -0.05) is 0 Å². The van der Waals surface area contributed by atoms with E-state index in [9.17, 15) is 0 Å². The van der Waals surface area contributed by atoms with Crippen molar-refractivity contribution in [2.45, 2.75) is 0 Å². The first-order valence-corrected chi connectivity index (χ1v) is 2.19. The highest BCUT2D eigenvalue weighted by atomic mass is 16.3. The molecule has 1 aromatic rings. The molecule has 1 radical (unpaired) electrons. The first-order chi connectivity index (χ1) is 4.22. The van der Waals surface area contributed by atoms with Crippen molar-refractivity contribution in [1.29, 1.82) is 0 Å². The lowest BCUT2D eigenvalue weighted by Gasteiger charge is -1.95. The molecule has 0 aliphatic heterocycles. The molecule has 9 heavy (non-hydrogen) atoms. The van der Waals surface area contributed by atoms with Gasteiger partial charge in [0.25, 0.3) is 0 Å². The van der Waals surface area contributed by atoms with Crippen LogP contribution in [0.1, 0.15) is 0 Å². The summed E-state index contributed by atoms with van der Waals surface area (Å²) in [5.41, 5.74) is 0. The molecule has 0 aromatic carbocycles. The second-order valence-corrected chi connectivity index (χ2v) is 1.45. The Hall–Kier alpha value is -1.45. The maximum absolute atomic E-state index is 8.64. The molecule has 0 atom stereocenters. The lowest BCUT2D eigenvalue weighted by atomic mass is 10.4. The minimum absolute atomic E-state index is 0.453. The minimum Gasteiger partial charge on any atom is -0.503 e. The molecule has 0 bridgehead atoms. The molecular formula is C5H4NO3. The van der Waals surface area contributed by atoms with Gasteiger partial charge in [-0.2, -0.15) is 0 Å². The van der Waals surface area contributed by atoms with Gasteiger partial charge in [0.15, 0.2) is 11.5 Å². The van der Waals surface area contributed by atoms with Gasteiger partial charge in [-0.3, -0.25) is 0 Å². The van der Waals surface area contributed by atoms with Gasteiger partial charge in [0, 0.05) is 0 Å². The van der Waals surface area contributed by atoms with Crippen molar-refractivity contribution in [3.63, 3.8) is 0 Å². The van der Waals surface area contributed by atoms with Gasteiger partial charge in [0.1, 0.15) is 6.20 Å². The van der Waals surface area contributed by atoms with Crippen LogP contribution in [0, 0.1) is 6.20 Å². The van der Waals surface area contributed by atoms with Crippen LogP contribution in [0.4, 0.5) is 0 Å². The molecule has 47 valence electrons. The Labute approximate surface area is 51.0 Å². The standard InChI is InChI=1S/C5H4NO3/c7-3-1-6-2-4(8)5(3)9/h1,7-8H,(H,6,9). The Morgan fingerprint density at radius 1 is 1.33 bits per heavy atom. The Morgan fingerprint density at radius 2 is 2.00 bits per heavy atom. The lowest BCUT2D eigenvalue weighted by molar-refractivity contribution is 0.364. The van der Waals surface area contributed by atoms with Crippen molar-refractivity contribution in [3.05, 3.63) is 12.4 Å². The highest BCUT2D eigenvalue weighted by Gasteiger charge is 2.03. The molecule has 0 aliphatic rings. The van der Waals surface area contributed by atoms with Crippen molar-refractivity contribution in [2.24, 2.45) is 0 Å². The third-order valence-electron chi connectivity index (χ3n) is 0.824. The maximum atomic E-state index is 8.64. The number of nitrogens with zero attached hydrogens (tertiary/aromatic N) is 1. The second-order valence-electron chi connectivity index (χ2n) is 1.45. The van der Waals surface area contributed by atoms with Gasteiger partial charge in [-0.25, -0.2) is 4.98 Å². The highest BCUT2D eigenvalue weighted by Crippen LogP contribution is 2.30. The largest absolute Gasteiger partial charge is 0.503 e. The van der Waals surface area contributed by atoms with Crippen LogP contribution >= 0.6 is 0 Å². The third kappa shape index (κ3) is 0.861. The van der Waals surface area contributed by atoms with Crippen LogP contribution in [0.3, 0.4) is 0 Å². The van der Waals surface area contributed by atoms with Crippen LogP contribution in [0.5, 0.6) is 17.2 Å². The zero-order chi connectivity index (χ0) is 6.85. The summed E-state index contributed by atoms with van der Waals surface area (Å²) in [5, 5.41) is 25.8. The number of aromatic hydroxyl groups is 3. The average Bonchev–Trinajstić information content (AvgIpc) is 1.83. The Morgan fingerprint density at radius 3 is 2.44 bits per heavy atom. The third-order valence-corrected chi connectivity index (χ3v) is 0.824. The van der Waals surface area contributed by atoms with Crippen LogP contribution in [0.25, 0.3) is 0 Å². The van der Waals surface area contributed by atoms with E-state index in [0.29, 0.717) is 0 Å². The van der Waals surface area contributed by atoms with E-state index in [-0.39, 0.29) is 0 Å². The normalized spacial score (nSPS) is 9.33. The van der Waals surface area contributed by atoms with E-state index in [2.05, 4.69) is 4.98 Å². The molecule has 0 unspecified atom stereocenters. The Kier molecular flexibility index (Phi) is 1.14. The summed E-state index contributed by atoms with van der Waals surface area (Å²) in [7, 11) is 0.